The minimum Gasteiger partial charge on any atom is -0.507 e. The van der Waals surface area contributed by atoms with Crippen LogP contribution in [-0.2, 0) is 14.2 Å². The Morgan fingerprint density at radius 2 is 1.48 bits per heavy atom. The van der Waals surface area contributed by atoms with Crippen molar-refractivity contribution in [3.05, 3.63) is 41.5 Å². The molecular formula is C27H32O15. The number of hydrogen-bond acceptors (Lipinski definition) is 15. The number of fused-ring (bicyclic) bond motifs is 1. The lowest BCUT2D eigenvalue weighted by atomic mass is 9.95. The molecule has 5 rings (SSSR count). The van der Waals surface area contributed by atoms with Gasteiger partial charge in [-0.15, -0.1) is 0 Å². The van der Waals surface area contributed by atoms with E-state index in [0.717, 1.165) is 6.07 Å². The van der Waals surface area contributed by atoms with Crippen molar-refractivity contribution in [3.63, 3.8) is 0 Å². The van der Waals surface area contributed by atoms with E-state index in [9.17, 15) is 50.8 Å². The van der Waals surface area contributed by atoms with Crippen LogP contribution >= 0.6 is 0 Å². The number of aliphatic hydroxyl groups excluding tert-OH is 6. The SMILES string of the molecule is C[C@H]1O[C@@H](OC[C@H]2O[C@@H](Oc3cc(O)c4c(c3)O[C@H](c3ccc(O)c(O)c3)CC4=O)[C@@H](O)[C@@H](O)[C@H]2O)[C@@H](O)[C@@H](O)[C@H]1O. The Bertz CT molecular complexity index is 1300. The third kappa shape index (κ3) is 5.70. The van der Waals surface area contributed by atoms with Gasteiger partial charge < -0.3 is 69.6 Å². The number of aromatic hydroxyl groups is 3. The predicted molar refractivity (Wildman–Crippen MR) is 136 cm³/mol. The van der Waals surface area contributed by atoms with E-state index in [4.69, 9.17) is 23.7 Å². The Morgan fingerprint density at radius 1 is 0.786 bits per heavy atom. The number of benzene rings is 2. The molecular weight excluding hydrogens is 564 g/mol. The van der Waals surface area contributed by atoms with E-state index in [-0.39, 0.29) is 29.2 Å². The molecule has 3 aliphatic rings. The lowest BCUT2D eigenvalue weighted by Crippen LogP contribution is -2.61. The fraction of sp³-hybridized carbons (Fsp3) is 0.519. The molecule has 9 N–H and O–H groups in total. The van der Waals surface area contributed by atoms with Gasteiger partial charge in [0.25, 0.3) is 0 Å². The predicted octanol–water partition coefficient (Wildman–Crippen LogP) is -1.46. The van der Waals surface area contributed by atoms with Gasteiger partial charge in [-0.3, -0.25) is 4.79 Å². The van der Waals surface area contributed by atoms with Crippen LogP contribution in [-0.4, -0.2) is 120 Å². The van der Waals surface area contributed by atoms with Gasteiger partial charge in [-0.05, 0) is 24.6 Å². The molecule has 0 amide bonds. The highest BCUT2D eigenvalue weighted by atomic mass is 16.7. The van der Waals surface area contributed by atoms with E-state index < -0.39 is 91.4 Å². The van der Waals surface area contributed by atoms with Gasteiger partial charge in [0.2, 0.25) is 6.29 Å². The van der Waals surface area contributed by atoms with Crippen LogP contribution < -0.4 is 9.47 Å². The number of rotatable bonds is 6. The molecule has 15 heteroatoms. The van der Waals surface area contributed by atoms with E-state index in [0.29, 0.717) is 5.56 Å². The molecule has 2 aromatic rings. The number of aliphatic hydroxyl groups is 6. The molecule has 0 saturated carbocycles. The molecule has 2 fully saturated rings. The zero-order chi connectivity index (χ0) is 30.5. The van der Waals surface area contributed by atoms with Crippen LogP contribution in [0.25, 0.3) is 0 Å². The van der Waals surface area contributed by atoms with Crippen LogP contribution in [0.5, 0.6) is 28.7 Å². The minimum atomic E-state index is -1.78. The molecule has 3 aliphatic heterocycles. The Labute approximate surface area is 238 Å². The molecule has 3 heterocycles. The molecule has 0 bridgehead atoms. The number of ketones is 1. The van der Waals surface area contributed by atoms with Gasteiger partial charge in [-0.1, -0.05) is 6.07 Å². The number of carbonyl (C=O) groups is 1. The highest BCUT2D eigenvalue weighted by Crippen LogP contribution is 2.43. The Hall–Kier alpha value is -3.25. The summed E-state index contributed by atoms with van der Waals surface area (Å²) in [6.45, 7) is 0.949. The van der Waals surface area contributed by atoms with Crippen molar-refractivity contribution < 1.29 is 74.4 Å². The van der Waals surface area contributed by atoms with Gasteiger partial charge in [0.05, 0.1) is 19.1 Å². The molecule has 0 spiro atoms. The average Bonchev–Trinajstić information content (AvgIpc) is 2.95. The van der Waals surface area contributed by atoms with Crippen LogP contribution in [0.4, 0.5) is 0 Å². The van der Waals surface area contributed by atoms with Gasteiger partial charge in [0.15, 0.2) is 23.6 Å². The van der Waals surface area contributed by atoms with Gasteiger partial charge in [-0.25, -0.2) is 0 Å². The number of ether oxygens (including phenoxy) is 5. The second kappa shape index (κ2) is 11.8. The van der Waals surface area contributed by atoms with Crippen LogP contribution in [0.1, 0.15) is 35.4 Å². The van der Waals surface area contributed by atoms with Crippen LogP contribution in [0.2, 0.25) is 0 Å². The van der Waals surface area contributed by atoms with Gasteiger partial charge >= 0.3 is 0 Å². The summed E-state index contributed by atoms with van der Waals surface area (Å²) in [5.74, 6) is -1.96. The monoisotopic (exact) mass is 596 g/mol. The number of phenolic OH excluding ortho intramolecular Hbond substituents is 3. The smallest absolute Gasteiger partial charge is 0.229 e. The maximum atomic E-state index is 12.8. The molecule has 0 aliphatic carbocycles. The fourth-order valence-electron chi connectivity index (χ4n) is 5.04. The Morgan fingerprint density at radius 3 is 2.19 bits per heavy atom. The first-order valence-corrected chi connectivity index (χ1v) is 13.1. The standard InChI is InChI=1S/C27H32O15/c1-9-20(32)22(34)24(36)26(39-9)38-8-18-21(33)23(35)25(37)27(42-18)40-11-5-14(30)19-15(31)7-16(41-17(19)6-11)10-2-3-12(28)13(29)4-10/h2-6,9,16,18,20-30,32-37H,7-8H2,1H3/t9-,16+,18-,20+,21+,22+,23+,24+,25+,26-,27-/m1/s1. The van der Waals surface area contributed by atoms with E-state index in [2.05, 4.69) is 0 Å². The number of Topliss-reactive ketones (excluding diaryl/α,β-unsaturated/α-hetero) is 1. The molecule has 230 valence electrons. The maximum Gasteiger partial charge on any atom is 0.229 e. The number of carbonyl (C=O) groups excluding carboxylic acids is 1. The van der Waals surface area contributed by atoms with Crippen molar-refractivity contribution in [2.75, 3.05) is 6.61 Å². The third-order valence-electron chi connectivity index (χ3n) is 7.50. The molecule has 42 heavy (non-hydrogen) atoms. The minimum absolute atomic E-state index is 0.0807. The number of hydrogen-bond donors (Lipinski definition) is 9. The van der Waals surface area contributed by atoms with E-state index >= 15 is 0 Å². The first-order valence-electron chi connectivity index (χ1n) is 13.1. The lowest BCUT2D eigenvalue weighted by molar-refractivity contribution is -0.318. The molecule has 2 saturated heterocycles. The maximum absolute atomic E-state index is 12.8. The quantitative estimate of drug-likeness (QED) is 0.173. The summed E-state index contributed by atoms with van der Waals surface area (Å²) < 4.78 is 27.9. The highest BCUT2D eigenvalue weighted by molar-refractivity contribution is 6.02. The molecule has 11 atom stereocenters. The van der Waals surface area contributed by atoms with Crippen molar-refractivity contribution in [2.45, 2.75) is 80.9 Å². The first kappa shape index (κ1) is 30.2. The molecule has 15 nitrogen and oxygen atoms in total. The van der Waals surface area contributed by atoms with E-state index in [1.807, 2.05) is 0 Å². The molecule has 2 aromatic carbocycles. The third-order valence-corrected chi connectivity index (χ3v) is 7.50. The second-order valence-corrected chi connectivity index (χ2v) is 10.4. The second-order valence-electron chi connectivity index (χ2n) is 10.4. The van der Waals surface area contributed by atoms with Crippen LogP contribution in [0.15, 0.2) is 30.3 Å². The summed E-state index contributed by atoms with van der Waals surface area (Å²) in [6.07, 6.45) is -16.1. The van der Waals surface area contributed by atoms with Crippen molar-refractivity contribution in [3.8, 4) is 28.7 Å². The Kier molecular flexibility index (Phi) is 8.48. The normalized spacial score (nSPS) is 36.6. The van der Waals surface area contributed by atoms with Crippen LogP contribution in [0, 0.1) is 0 Å². The van der Waals surface area contributed by atoms with Crippen molar-refractivity contribution in [1.82, 2.24) is 0 Å². The average molecular weight is 597 g/mol. The largest absolute Gasteiger partial charge is 0.507 e. The van der Waals surface area contributed by atoms with E-state index in [1.54, 1.807) is 0 Å². The summed E-state index contributed by atoms with van der Waals surface area (Å²) in [4.78, 5) is 12.8. The molecule has 0 aromatic heterocycles. The van der Waals surface area contributed by atoms with Gasteiger partial charge in [0, 0.05) is 12.1 Å². The summed E-state index contributed by atoms with van der Waals surface area (Å²) >= 11 is 0. The van der Waals surface area contributed by atoms with E-state index in [1.165, 1.54) is 31.2 Å². The van der Waals surface area contributed by atoms with Crippen LogP contribution in [0.3, 0.4) is 0 Å². The fourth-order valence-corrected chi connectivity index (χ4v) is 5.04. The lowest BCUT2D eigenvalue weighted by Gasteiger charge is -2.42. The van der Waals surface area contributed by atoms with Gasteiger partial charge in [-0.2, -0.15) is 0 Å². The highest BCUT2D eigenvalue weighted by Gasteiger charge is 2.47. The Balaban J connectivity index is 1.30. The van der Waals surface area contributed by atoms with Crippen molar-refractivity contribution in [1.29, 1.82) is 0 Å². The summed E-state index contributed by atoms with van der Waals surface area (Å²) in [7, 11) is 0. The molecule has 0 unspecified atom stereocenters. The van der Waals surface area contributed by atoms with Crippen molar-refractivity contribution in [2.24, 2.45) is 0 Å². The summed E-state index contributed by atoms with van der Waals surface area (Å²) in [6, 6.07) is 6.26. The number of phenols is 3. The summed E-state index contributed by atoms with van der Waals surface area (Å²) in [5, 5.41) is 91.3. The zero-order valence-electron chi connectivity index (χ0n) is 22.1. The van der Waals surface area contributed by atoms with Crippen molar-refractivity contribution >= 4 is 5.78 Å². The first-order chi connectivity index (χ1) is 19.8. The van der Waals surface area contributed by atoms with Gasteiger partial charge in [0.1, 0.15) is 71.6 Å². The summed E-state index contributed by atoms with van der Waals surface area (Å²) in [5.41, 5.74) is 0.255. The zero-order valence-corrected chi connectivity index (χ0v) is 22.1. The molecule has 0 radical (unpaired) electrons. The topological polar surface area (TPSA) is 245 Å².